The molecule has 7 nitrogen and oxygen atoms in total. The van der Waals surface area contributed by atoms with Gasteiger partial charge < -0.3 is 14.6 Å². The Morgan fingerprint density at radius 3 is 2.40 bits per heavy atom. The van der Waals surface area contributed by atoms with Crippen LogP contribution in [0.4, 0.5) is 14.5 Å². The molecule has 3 rings (SSSR count). The van der Waals surface area contributed by atoms with Gasteiger partial charge in [-0.3, -0.25) is 4.72 Å². The van der Waals surface area contributed by atoms with Gasteiger partial charge in [-0.2, -0.15) is 0 Å². The third-order valence-electron chi connectivity index (χ3n) is 4.08. The van der Waals surface area contributed by atoms with Crippen molar-refractivity contribution in [2.75, 3.05) is 17.9 Å². The monoisotopic (exact) mass is 375 g/mol. The molecule has 1 aliphatic carbocycles. The Hall–Kier alpha value is -2.04. The van der Waals surface area contributed by atoms with Gasteiger partial charge in [0.2, 0.25) is 10.0 Å². The van der Waals surface area contributed by atoms with Gasteiger partial charge in [-0.1, -0.05) is 6.07 Å². The van der Waals surface area contributed by atoms with E-state index in [9.17, 15) is 27.1 Å². The van der Waals surface area contributed by atoms with Crippen LogP contribution in [0.5, 0.6) is 0 Å². The fraction of sp³-hybridized carbons (Fsp3) is 0.400. The number of hydrogen-bond donors (Lipinski definition) is 2. The van der Waals surface area contributed by atoms with Crippen molar-refractivity contribution in [2.45, 2.75) is 23.9 Å². The third kappa shape index (κ3) is 3.37. The molecule has 0 radical (unpaired) electrons. The SMILES string of the molecule is O=C(O)C1=CC2(CCC1S(=O)(=O)Nc1c(F)cccc1F)OCCO2. The molecule has 136 valence electrons. The summed E-state index contributed by atoms with van der Waals surface area (Å²) in [5.74, 6) is -4.93. The van der Waals surface area contributed by atoms with Crippen molar-refractivity contribution in [1.82, 2.24) is 0 Å². The Kier molecular flexibility index (Phi) is 4.52. The van der Waals surface area contributed by atoms with Crippen molar-refractivity contribution in [1.29, 1.82) is 0 Å². The van der Waals surface area contributed by atoms with Crippen molar-refractivity contribution in [3.05, 3.63) is 41.5 Å². The number of halogens is 2. The summed E-state index contributed by atoms with van der Waals surface area (Å²) in [4.78, 5) is 11.5. The number of carboxylic acid groups (broad SMARTS) is 1. The molecule has 10 heteroatoms. The van der Waals surface area contributed by atoms with Crippen molar-refractivity contribution in [3.63, 3.8) is 0 Å². The standard InChI is InChI=1S/C15H15F2NO6S/c16-10-2-1-3-11(17)13(10)18-25(21,22)12-4-5-15(23-6-7-24-15)8-9(12)14(19)20/h1-3,8,12,18H,4-7H2,(H,19,20). The van der Waals surface area contributed by atoms with Gasteiger partial charge >= 0.3 is 5.97 Å². The largest absolute Gasteiger partial charge is 0.478 e. The van der Waals surface area contributed by atoms with Gasteiger partial charge in [0.15, 0.2) is 5.79 Å². The van der Waals surface area contributed by atoms with Gasteiger partial charge in [-0.05, 0) is 24.6 Å². The van der Waals surface area contributed by atoms with Gasteiger partial charge in [0.05, 0.1) is 18.8 Å². The van der Waals surface area contributed by atoms with Crippen LogP contribution >= 0.6 is 0 Å². The molecular formula is C15H15F2NO6S. The van der Waals surface area contributed by atoms with Gasteiger partial charge in [0.1, 0.15) is 22.6 Å². The topological polar surface area (TPSA) is 102 Å². The summed E-state index contributed by atoms with van der Waals surface area (Å²) >= 11 is 0. The zero-order valence-corrected chi connectivity index (χ0v) is 13.7. The highest BCUT2D eigenvalue weighted by Gasteiger charge is 2.46. The molecular weight excluding hydrogens is 360 g/mol. The summed E-state index contributed by atoms with van der Waals surface area (Å²) in [6, 6.07) is 2.88. The highest BCUT2D eigenvalue weighted by Crippen LogP contribution is 2.37. The van der Waals surface area contributed by atoms with Crippen LogP contribution < -0.4 is 4.72 Å². The molecule has 1 aromatic carbocycles. The fourth-order valence-electron chi connectivity index (χ4n) is 2.92. The van der Waals surface area contributed by atoms with Gasteiger partial charge in [0, 0.05) is 6.42 Å². The Balaban J connectivity index is 1.95. The second-order valence-electron chi connectivity index (χ2n) is 5.68. The first-order valence-corrected chi connectivity index (χ1v) is 8.98. The predicted octanol–water partition coefficient (Wildman–Crippen LogP) is 1.62. The molecule has 1 aromatic rings. The second kappa shape index (κ2) is 6.36. The maximum absolute atomic E-state index is 13.7. The van der Waals surface area contributed by atoms with E-state index in [-0.39, 0.29) is 26.1 Å². The summed E-state index contributed by atoms with van der Waals surface area (Å²) in [5, 5.41) is 7.87. The molecule has 1 fully saturated rings. The average molecular weight is 375 g/mol. The van der Waals surface area contributed by atoms with Crippen LogP contribution in [0.25, 0.3) is 0 Å². The number of carboxylic acids is 1. The first-order valence-electron chi connectivity index (χ1n) is 7.44. The second-order valence-corrected chi connectivity index (χ2v) is 7.55. The highest BCUT2D eigenvalue weighted by molar-refractivity contribution is 7.93. The quantitative estimate of drug-likeness (QED) is 0.829. The summed E-state index contributed by atoms with van der Waals surface area (Å²) in [6.45, 7) is 0.527. The summed E-state index contributed by atoms with van der Waals surface area (Å²) in [6.07, 6.45) is 1.09. The van der Waals surface area contributed by atoms with Crippen LogP contribution in [0.2, 0.25) is 0 Å². The number of benzene rings is 1. The molecule has 2 aliphatic rings. The van der Waals surface area contributed by atoms with E-state index >= 15 is 0 Å². The van der Waals surface area contributed by atoms with Crippen molar-refractivity contribution in [3.8, 4) is 0 Å². The number of aliphatic carboxylic acids is 1. The van der Waals surface area contributed by atoms with E-state index in [4.69, 9.17) is 9.47 Å². The molecule has 0 aromatic heterocycles. The van der Waals surface area contributed by atoms with E-state index < -0.39 is 49.9 Å². The van der Waals surface area contributed by atoms with Gasteiger partial charge in [-0.15, -0.1) is 0 Å². The molecule has 0 amide bonds. The van der Waals surface area contributed by atoms with E-state index in [0.29, 0.717) is 0 Å². The lowest BCUT2D eigenvalue weighted by Crippen LogP contribution is -2.42. The Bertz CT molecular complexity index is 812. The van der Waals surface area contributed by atoms with Gasteiger partial charge in [-0.25, -0.2) is 22.0 Å². The summed E-state index contributed by atoms with van der Waals surface area (Å²) < 4.78 is 65.1. The van der Waals surface area contributed by atoms with Crippen molar-refractivity contribution >= 4 is 21.7 Å². The van der Waals surface area contributed by atoms with Crippen LogP contribution in [0.1, 0.15) is 12.8 Å². The van der Waals surface area contributed by atoms with Crippen LogP contribution in [-0.4, -0.2) is 43.7 Å². The summed E-state index contributed by atoms with van der Waals surface area (Å²) in [5.41, 5.74) is -1.31. The summed E-state index contributed by atoms with van der Waals surface area (Å²) in [7, 11) is -4.41. The lowest BCUT2D eigenvalue weighted by atomic mass is 9.94. The maximum Gasteiger partial charge on any atom is 0.332 e. The molecule has 1 heterocycles. The molecule has 1 spiro atoms. The molecule has 25 heavy (non-hydrogen) atoms. The van der Waals surface area contributed by atoms with E-state index in [1.54, 1.807) is 0 Å². The predicted molar refractivity (Wildman–Crippen MR) is 82.3 cm³/mol. The Morgan fingerprint density at radius 2 is 1.84 bits per heavy atom. The normalized spacial score (nSPS) is 22.6. The molecule has 1 unspecified atom stereocenters. The van der Waals surface area contributed by atoms with E-state index in [1.807, 2.05) is 4.72 Å². The molecule has 1 atom stereocenters. The minimum atomic E-state index is -4.41. The Labute approximate surface area is 142 Å². The first-order chi connectivity index (χ1) is 11.7. The smallest absolute Gasteiger partial charge is 0.332 e. The number of ether oxygens (including phenoxy) is 2. The maximum atomic E-state index is 13.7. The highest BCUT2D eigenvalue weighted by atomic mass is 32.2. The average Bonchev–Trinajstić information content (AvgIpc) is 2.98. The molecule has 0 bridgehead atoms. The van der Waals surface area contributed by atoms with Crippen LogP contribution in [0.15, 0.2) is 29.8 Å². The van der Waals surface area contributed by atoms with Crippen molar-refractivity contribution in [2.24, 2.45) is 0 Å². The van der Waals surface area contributed by atoms with Crippen molar-refractivity contribution < 1.29 is 36.6 Å². The minimum Gasteiger partial charge on any atom is -0.478 e. The number of carbonyl (C=O) groups is 1. The first kappa shape index (κ1) is 17.8. The number of hydrogen-bond acceptors (Lipinski definition) is 5. The molecule has 1 aliphatic heterocycles. The van der Waals surface area contributed by atoms with E-state index in [1.165, 1.54) is 0 Å². The number of sulfonamides is 1. The van der Waals surface area contributed by atoms with Gasteiger partial charge in [0.25, 0.3) is 0 Å². The number of anilines is 1. The van der Waals surface area contributed by atoms with E-state index in [2.05, 4.69) is 0 Å². The fourth-order valence-corrected chi connectivity index (χ4v) is 4.47. The third-order valence-corrected chi connectivity index (χ3v) is 5.81. The number of para-hydroxylation sites is 1. The lowest BCUT2D eigenvalue weighted by Gasteiger charge is -2.32. The van der Waals surface area contributed by atoms with Crippen LogP contribution in [0, 0.1) is 11.6 Å². The molecule has 0 saturated carbocycles. The molecule has 1 saturated heterocycles. The number of nitrogens with one attached hydrogen (secondary N) is 1. The zero-order valence-electron chi connectivity index (χ0n) is 12.9. The van der Waals surface area contributed by atoms with Crippen LogP contribution in [-0.2, 0) is 24.3 Å². The minimum absolute atomic E-state index is 0.106. The number of rotatable bonds is 4. The van der Waals surface area contributed by atoms with E-state index in [0.717, 1.165) is 24.3 Å². The van der Waals surface area contributed by atoms with Crippen LogP contribution in [0.3, 0.4) is 0 Å². The lowest BCUT2D eigenvalue weighted by molar-refractivity contribution is -0.138. The zero-order chi connectivity index (χ0) is 18.2. The Morgan fingerprint density at radius 1 is 1.24 bits per heavy atom. The molecule has 2 N–H and O–H groups in total.